The van der Waals surface area contributed by atoms with E-state index in [1.165, 1.54) is 0 Å². The van der Waals surface area contributed by atoms with Crippen molar-refractivity contribution in [2.45, 2.75) is 65.6 Å². The first-order valence-corrected chi connectivity index (χ1v) is 12.1. The average molecular weight is 473 g/mol. The van der Waals surface area contributed by atoms with Crippen LogP contribution >= 0.6 is 0 Å². The highest BCUT2D eigenvalue weighted by Gasteiger charge is 2.29. The highest BCUT2D eigenvalue weighted by molar-refractivity contribution is 5.72. The number of hydrogen-bond donors (Lipinski definition) is 1. The third-order valence-corrected chi connectivity index (χ3v) is 5.95. The second kappa shape index (κ2) is 12.4. The van der Waals surface area contributed by atoms with Crippen LogP contribution in [0.2, 0.25) is 0 Å². The summed E-state index contributed by atoms with van der Waals surface area (Å²) in [6.07, 6.45) is 3.82. The van der Waals surface area contributed by atoms with E-state index in [0.717, 1.165) is 37.0 Å². The molecule has 9 nitrogen and oxygen atoms in total. The Balaban J connectivity index is 1.57. The van der Waals surface area contributed by atoms with E-state index < -0.39 is 6.09 Å². The Hall–Kier alpha value is -3.10. The van der Waals surface area contributed by atoms with Gasteiger partial charge in [-0.05, 0) is 69.2 Å². The first-order chi connectivity index (χ1) is 16.4. The van der Waals surface area contributed by atoms with Gasteiger partial charge in [0.1, 0.15) is 23.7 Å². The first-order valence-electron chi connectivity index (χ1n) is 12.1. The van der Waals surface area contributed by atoms with Gasteiger partial charge in [0.05, 0.1) is 18.6 Å². The van der Waals surface area contributed by atoms with Crippen LogP contribution in [0, 0.1) is 11.8 Å². The van der Waals surface area contributed by atoms with Gasteiger partial charge in [0.2, 0.25) is 0 Å². The molecule has 1 fully saturated rings. The Morgan fingerprint density at radius 3 is 2.65 bits per heavy atom. The first kappa shape index (κ1) is 25.5. The molecule has 0 saturated heterocycles. The maximum Gasteiger partial charge on any atom is 0.407 e. The number of nitrogens with zero attached hydrogens (tertiary/aromatic N) is 3. The number of amides is 1. The summed E-state index contributed by atoms with van der Waals surface area (Å²) in [7, 11) is 1.77. The molecule has 2 unspecified atom stereocenters. The van der Waals surface area contributed by atoms with E-state index >= 15 is 0 Å². The molecule has 1 aromatic heterocycles. The topological polar surface area (TPSA) is 105 Å². The van der Waals surface area contributed by atoms with Crippen molar-refractivity contribution in [1.29, 1.82) is 0 Å². The molecule has 1 N–H and O–H groups in total. The molecule has 1 saturated carbocycles. The minimum atomic E-state index is -0.454. The standard InChI is InChI=1S/C25H36N4O5/c1-5-32-24(30)19-7-6-8-21(15-19)34-20-11-9-18(10-12-20)23-22(29(4)28-27-23)16-33-25(31)26-14-13-17(2)3/h9-12,17,19,21H,5-8,13-16H2,1-4H3,(H,26,31). The quantitative estimate of drug-likeness (QED) is 0.515. The van der Waals surface area contributed by atoms with Crippen LogP contribution in [0.1, 0.15) is 58.6 Å². The number of ether oxygens (including phenoxy) is 3. The van der Waals surface area contributed by atoms with Crippen LogP contribution in [0.25, 0.3) is 11.3 Å². The van der Waals surface area contributed by atoms with Crippen LogP contribution in [0.4, 0.5) is 4.79 Å². The maximum atomic E-state index is 12.1. The van der Waals surface area contributed by atoms with E-state index in [1.807, 2.05) is 31.2 Å². The van der Waals surface area contributed by atoms with Gasteiger partial charge in [0.25, 0.3) is 0 Å². The van der Waals surface area contributed by atoms with Crippen molar-refractivity contribution in [2.75, 3.05) is 13.2 Å². The summed E-state index contributed by atoms with van der Waals surface area (Å²) in [4.78, 5) is 24.1. The Kier molecular flexibility index (Phi) is 9.30. The molecule has 2 aromatic rings. The lowest BCUT2D eigenvalue weighted by Crippen LogP contribution is -2.30. The van der Waals surface area contributed by atoms with Crippen LogP contribution in [0.5, 0.6) is 5.75 Å². The van der Waals surface area contributed by atoms with Crippen molar-refractivity contribution in [3.05, 3.63) is 30.0 Å². The average Bonchev–Trinajstić information content (AvgIpc) is 3.18. The van der Waals surface area contributed by atoms with Gasteiger partial charge in [0.15, 0.2) is 0 Å². The van der Waals surface area contributed by atoms with Gasteiger partial charge in [-0.2, -0.15) is 0 Å². The zero-order valence-electron chi connectivity index (χ0n) is 20.6. The number of carbonyl (C=O) groups excluding carboxylic acids is 2. The third kappa shape index (κ3) is 7.20. The van der Waals surface area contributed by atoms with Crippen LogP contribution < -0.4 is 10.1 Å². The van der Waals surface area contributed by atoms with Gasteiger partial charge in [-0.1, -0.05) is 19.1 Å². The van der Waals surface area contributed by atoms with E-state index in [0.29, 0.717) is 36.9 Å². The summed E-state index contributed by atoms with van der Waals surface area (Å²) in [6.45, 7) is 7.09. The van der Waals surface area contributed by atoms with E-state index in [1.54, 1.807) is 11.7 Å². The third-order valence-electron chi connectivity index (χ3n) is 5.95. The van der Waals surface area contributed by atoms with Crippen LogP contribution in [0.3, 0.4) is 0 Å². The molecule has 0 radical (unpaired) electrons. The fourth-order valence-corrected chi connectivity index (χ4v) is 4.02. The zero-order valence-corrected chi connectivity index (χ0v) is 20.6. The van der Waals surface area contributed by atoms with Crippen LogP contribution in [-0.2, 0) is 27.9 Å². The molecule has 1 heterocycles. The Morgan fingerprint density at radius 2 is 1.94 bits per heavy atom. The summed E-state index contributed by atoms with van der Waals surface area (Å²) in [5.41, 5.74) is 2.22. The minimum Gasteiger partial charge on any atom is -0.490 e. The van der Waals surface area contributed by atoms with Gasteiger partial charge in [-0.15, -0.1) is 5.10 Å². The highest BCUT2D eigenvalue weighted by atomic mass is 16.5. The highest BCUT2D eigenvalue weighted by Crippen LogP contribution is 2.30. The number of esters is 1. The molecule has 1 aliphatic carbocycles. The Labute approximate surface area is 201 Å². The molecular formula is C25H36N4O5. The molecule has 2 atom stereocenters. The molecule has 1 aliphatic rings. The molecule has 9 heteroatoms. The zero-order chi connectivity index (χ0) is 24.5. The summed E-state index contributed by atoms with van der Waals surface area (Å²) in [5, 5.41) is 11.1. The number of benzene rings is 1. The van der Waals surface area contributed by atoms with Crippen LogP contribution in [0.15, 0.2) is 24.3 Å². The van der Waals surface area contributed by atoms with Gasteiger partial charge < -0.3 is 19.5 Å². The summed E-state index contributed by atoms with van der Waals surface area (Å²) in [6, 6.07) is 7.61. The maximum absolute atomic E-state index is 12.1. The number of aromatic nitrogens is 3. The number of aryl methyl sites for hydroxylation is 1. The van der Waals surface area contributed by atoms with Crippen molar-refractivity contribution in [3.63, 3.8) is 0 Å². The molecule has 1 aromatic carbocycles. The van der Waals surface area contributed by atoms with E-state index in [4.69, 9.17) is 14.2 Å². The van der Waals surface area contributed by atoms with Crippen LogP contribution in [-0.4, -0.2) is 46.3 Å². The number of nitrogens with one attached hydrogen (secondary N) is 1. The molecule has 0 spiro atoms. The number of alkyl carbamates (subject to hydrolysis) is 1. The monoisotopic (exact) mass is 472 g/mol. The number of hydrogen-bond acceptors (Lipinski definition) is 7. The lowest BCUT2D eigenvalue weighted by molar-refractivity contribution is -0.150. The largest absolute Gasteiger partial charge is 0.490 e. The Bertz CT molecular complexity index is 941. The van der Waals surface area contributed by atoms with Crippen molar-refractivity contribution < 1.29 is 23.8 Å². The molecule has 3 rings (SSSR count). The predicted octanol–water partition coefficient (Wildman–Crippen LogP) is 4.26. The van der Waals surface area contributed by atoms with Gasteiger partial charge in [0, 0.05) is 19.2 Å². The Morgan fingerprint density at radius 1 is 1.18 bits per heavy atom. The summed E-state index contributed by atoms with van der Waals surface area (Å²) in [5.74, 6) is 1.03. The normalized spacial score (nSPS) is 17.9. The van der Waals surface area contributed by atoms with E-state index in [9.17, 15) is 9.59 Å². The SMILES string of the molecule is CCOC(=O)C1CCCC(Oc2ccc(-c3nnn(C)c3COC(=O)NCCC(C)C)cc2)C1. The van der Waals surface area contributed by atoms with E-state index in [2.05, 4.69) is 29.5 Å². The second-order valence-electron chi connectivity index (χ2n) is 9.07. The smallest absolute Gasteiger partial charge is 0.407 e. The number of rotatable bonds is 10. The molecular weight excluding hydrogens is 436 g/mol. The summed E-state index contributed by atoms with van der Waals surface area (Å²) >= 11 is 0. The van der Waals surface area contributed by atoms with Crippen molar-refractivity contribution in [3.8, 4) is 17.0 Å². The lowest BCUT2D eigenvalue weighted by atomic mass is 9.87. The van der Waals surface area contributed by atoms with Gasteiger partial charge in [-0.3, -0.25) is 4.79 Å². The lowest BCUT2D eigenvalue weighted by Gasteiger charge is -2.28. The minimum absolute atomic E-state index is 0.0105. The molecule has 0 aliphatic heterocycles. The van der Waals surface area contributed by atoms with Crippen molar-refractivity contribution in [2.24, 2.45) is 18.9 Å². The van der Waals surface area contributed by atoms with Gasteiger partial charge >= 0.3 is 12.1 Å². The van der Waals surface area contributed by atoms with E-state index in [-0.39, 0.29) is 24.6 Å². The fraction of sp³-hybridized carbons (Fsp3) is 0.600. The number of carbonyl (C=O) groups is 2. The second-order valence-corrected chi connectivity index (χ2v) is 9.07. The fourth-order valence-electron chi connectivity index (χ4n) is 4.02. The molecule has 0 bridgehead atoms. The van der Waals surface area contributed by atoms with Crippen molar-refractivity contribution >= 4 is 12.1 Å². The predicted molar refractivity (Wildman–Crippen MR) is 127 cm³/mol. The molecule has 34 heavy (non-hydrogen) atoms. The van der Waals surface area contributed by atoms with Crippen molar-refractivity contribution in [1.82, 2.24) is 20.3 Å². The summed E-state index contributed by atoms with van der Waals surface area (Å²) < 4.78 is 18.3. The molecule has 1 amide bonds. The molecule has 186 valence electrons. The van der Waals surface area contributed by atoms with Gasteiger partial charge in [-0.25, -0.2) is 9.48 Å².